The molecule has 0 unspecified atom stereocenters. The summed E-state index contributed by atoms with van der Waals surface area (Å²) in [5.74, 6) is 0.766. The molecule has 2 atom stereocenters. The molecule has 0 spiro atoms. The molecule has 4 heteroatoms. The lowest BCUT2D eigenvalue weighted by molar-refractivity contribution is -0.00522. The molecule has 0 saturated carbocycles. The van der Waals surface area contributed by atoms with Crippen LogP contribution in [0.5, 0.6) is 5.75 Å². The van der Waals surface area contributed by atoms with Crippen LogP contribution in [0.15, 0.2) is 18.2 Å². The van der Waals surface area contributed by atoms with E-state index in [0.29, 0.717) is 12.3 Å². The Morgan fingerprint density at radius 1 is 1.33 bits per heavy atom. The third-order valence-electron chi connectivity index (χ3n) is 3.08. The Balaban J connectivity index is 2.19. The van der Waals surface area contributed by atoms with E-state index in [1.165, 1.54) is 0 Å². The molecule has 100 valence electrons. The third-order valence-corrected chi connectivity index (χ3v) is 3.08. The Morgan fingerprint density at radius 3 is 2.61 bits per heavy atom. The maximum atomic E-state index is 5.89. The van der Waals surface area contributed by atoms with Gasteiger partial charge in [0.1, 0.15) is 5.75 Å². The van der Waals surface area contributed by atoms with Crippen molar-refractivity contribution in [2.24, 2.45) is 0 Å². The average molecular weight is 250 g/mol. The van der Waals surface area contributed by atoms with E-state index >= 15 is 0 Å². The fourth-order valence-electron chi connectivity index (χ4n) is 2.39. The zero-order valence-corrected chi connectivity index (χ0v) is 11.3. The van der Waals surface area contributed by atoms with Crippen LogP contribution in [-0.4, -0.2) is 31.9 Å². The van der Waals surface area contributed by atoms with E-state index in [2.05, 4.69) is 18.7 Å². The first-order valence-corrected chi connectivity index (χ1v) is 6.53. The van der Waals surface area contributed by atoms with Crippen LogP contribution in [0.4, 0.5) is 11.4 Å². The van der Waals surface area contributed by atoms with Crippen molar-refractivity contribution in [1.29, 1.82) is 0 Å². The van der Waals surface area contributed by atoms with Crippen molar-refractivity contribution in [3.63, 3.8) is 0 Å². The summed E-state index contributed by atoms with van der Waals surface area (Å²) >= 11 is 0. The van der Waals surface area contributed by atoms with Crippen LogP contribution in [0.1, 0.15) is 20.8 Å². The molecule has 0 radical (unpaired) electrons. The van der Waals surface area contributed by atoms with Crippen molar-refractivity contribution in [2.45, 2.75) is 33.0 Å². The normalized spacial score (nSPS) is 24.1. The smallest absolute Gasteiger partial charge is 0.144 e. The summed E-state index contributed by atoms with van der Waals surface area (Å²) in [6.07, 6.45) is 0.503. The maximum Gasteiger partial charge on any atom is 0.144 e. The summed E-state index contributed by atoms with van der Waals surface area (Å²) in [6, 6.07) is 5.97. The Labute approximate surface area is 109 Å². The minimum Gasteiger partial charge on any atom is -0.492 e. The lowest BCUT2D eigenvalue weighted by Crippen LogP contribution is -2.45. The van der Waals surface area contributed by atoms with Crippen molar-refractivity contribution in [3.8, 4) is 5.75 Å². The van der Waals surface area contributed by atoms with E-state index < -0.39 is 0 Å². The van der Waals surface area contributed by atoms with Gasteiger partial charge in [-0.2, -0.15) is 0 Å². The number of hydrogen-bond donors (Lipinski definition) is 1. The summed E-state index contributed by atoms with van der Waals surface area (Å²) in [4.78, 5) is 2.32. The average Bonchev–Trinajstić information content (AvgIpc) is 2.31. The molecule has 1 aromatic carbocycles. The minimum absolute atomic E-state index is 0.252. The first-order valence-electron chi connectivity index (χ1n) is 6.53. The summed E-state index contributed by atoms with van der Waals surface area (Å²) in [5.41, 5.74) is 7.73. The number of hydrogen-bond acceptors (Lipinski definition) is 4. The number of nitrogens with two attached hydrogens (primary N) is 1. The van der Waals surface area contributed by atoms with Gasteiger partial charge in [-0.25, -0.2) is 0 Å². The number of anilines is 2. The molecule has 2 N–H and O–H groups in total. The molecule has 1 heterocycles. The van der Waals surface area contributed by atoms with Crippen LogP contribution >= 0.6 is 0 Å². The predicted molar refractivity (Wildman–Crippen MR) is 74.2 cm³/mol. The zero-order valence-electron chi connectivity index (χ0n) is 11.3. The standard InChI is InChI=1S/C14H22N2O2/c1-4-17-14-7-12(5-6-13(14)15)16-8-10(2)18-11(3)9-16/h5-7,10-11H,4,8-9,15H2,1-3H3/t10-,11+. The molecule has 1 aliphatic heterocycles. The molecule has 1 aromatic rings. The van der Waals surface area contributed by atoms with Crippen molar-refractivity contribution < 1.29 is 9.47 Å². The van der Waals surface area contributed by atoms with Gasteiger partial charge in [-0.3, -0.25) is 0 Å². The number of nitrogens with zero attached hydrogens (tertiary/aromatic N) is 1. The molecular weight excluding hydrogens is 228 g/mol. The van der Waals surface area contributed by atoms with E-state index in [1.54, 1.807) is 0 Å². The molecule has 0 amide bonds. The van der Waals surface area contributed by atoms with Gasteiger partial charge in [0.15, 0.2) is 0 Å². The van der Waals surface area contributed by atoms with Gasteiger partial charge in [0.25, 0.3) is 0 Å². The Bertz CT molecular complexity index is 399. The fourth-order valence-corrected chi connectivity index (χ4v) is 2.39. The number of rotatable bonds is 3. The van der Waals surface area contributed by atoms with Gasteiger partial charge in [0, 0.05) is 24.8 Å². The third kappa shape index (κ3) is 2.88. The first-order chi connectivity index (χ1) is 8.60. The number of benzene rings is 1. The van der Waals surface area contributed by atoms with Crippen LogP contribution in [0, 0.1) is 0 Å². The maximum absolute atomic E-state index is 5.89. The quantitative estimate of drug-likeness (QED) is 0.836. The summed E-state index contributed by atoms with van der Waals surface area (Å²) in [7, 11) is 0. The Hall–Kier alpha value is -1.42. The van der Waals surface area contributed by atoms with Gasteiger partial charge >= 0.3 is 0 Å². The van der Waals surface area contributed by atoms with E-state index in [-0.39, 0.29) is 12.2 Å². The van der Waals surface area contributed by atoms with Gasteiger partial charge in [-0.15, -0.1) is 0 Å². The minimum atomic E-state index is 0.252. The number of ether oxygens (including phenoxy) is 2. The number of nitrogen functional groups attached to an aromatic ring is 1. The van der Waals surface area contributed by atoms with Crippen LogP contribution in [0.3, 0.4) is 0 Å². The highest BCUT2D eigenvalue weighted by Gasteiger charge is 2.22. The summed E-state index contributed by atoms with van der Waals surface area (Å²) in [6.45, 7) is 8.60. The van der Waals surface area contributed by atoms with E-state index in [1.807, 2.05) is 25.1 Å². The molecule has 1 fully saturated rings. The molecule has 18 heavy (non-hydrogen) atoms. The van der Waals surface area contributed by atoms with Gasteiger partial charge in [0.05, 0.1) is 24.5 Å². The van der Waals surface area contributed by atoms with Crippen LogP contribution in [0.2, 0.25) is 0 Å². The van der Waals surface area contributed by atoms with Gasteiger partial charge in [0.2, 0.25) is 0 Å². The van der Waals surface area contributed by atoms with Gasteiger partial charge in [-0.05, 0) is 32.9 Å². The van der Waals surface area contributed by atoms with Crippen molar-refractivity contribution in [1.82, 2.24) is 0 Å². The highest BCUT2D eigenvalue weighted by Crippen LogP contribution is 2.29. The SMILES string of the molecule is CCOc1cc(N2C[C@@H](C)O[C@@H](C)C2)ccc1N. The largest absolute Gasteiger partial charge is 0.492 e. The monoisotopic (exact) mass is 250 g/mol. The highest BCUT2D eigenvalue weighted by atomic mass is 16.5. The second kappa shape index (κ2) is 5.48. The molecule has 4 nitrogen and oxygen atoms in total. The molecule has 1 saturated heterocycles. The first kappa shape index (κ1) is 13.0. The molecule has 1 aliphatic rings. The topological polar surface area (TPSA) is 47.7 Å². The second-order valence-electron chi connectivity index (χ2n) is 4.82. The Kier molecular flexibility index (Phi) is 3.97. The molecule has 0 aromatic heterocycles. The molecule has 2 rings (SSSR count). The summed E-state index contributed by atoms with van der Waals surface area (Å²) < 4.78 is 11.3. The van der Waals surface area contributed by atoms with E-state index in [4.69, 9.17) is 15.2 Å². The van der Waals surface area contributed by atoms with E-state index in [9.17, 15) is 0 Å². The van der Waals surface area contributed by atoms with Crippen LogP contribution < -0.4 is 15.4 Å². The van der Waals surface area contributed by atoms with Gasteiger partial charge in [-0.1, -0.05) is 0 Å². The zero-order chi connectivity index (χ0) is 13.1. The fraction of sp³-hybridized carbons (Fsp3) is 0.571. The lowest BCUT2D eigenvalue weighted by atomic mass is 10.2. The van der Waals surface area contributed by atoms with Gasteiger partial charge < -0.3 is 20.1 Å². The van der Waals surface area contributed by atoms with Crippen molar-refractivity contribution >= 4 is 11.4 Å². The van der Waals surface area contributed by atoms with Crippen LogP contribution in [0.25, 0.3) is 0 Å². The Morgan fingerprint density at radius 2 is 2.00 bits per heavy atom. The van der Waals surface area contributed by atoms with Crippen LogP contribution in [-0.2, 0) is 4.74 Å². The predicted octanol–water partition coefficient (Wildman–Crippen LogP) is 2.28. The van der Waals surface area contributed by atoms with Crippen molar-refractivity contribution in [2.75, 3.05) is 30.3 Å². The number of morpholine rings is 1. The molecule has 0 aliphatic carbocycles. The van der Waals surface area contributed by atoms with E-state index in [0.717, 1.165) is 24.5 Å². The second-order valence-corrected chi connectivity index (χ2v) is 4.82. The van der Waals surface area contributed by atoms with Crippen molar-refractivity contribution in [3.05, 3.63) is 18.2 Å². The molecule has 0 bridgehead atoms. The summed E-state index contributed by atoms with van der Waals surface area (Å²) in [5, 5.41) is 0. The molecular formula is C14H22N2O2. The lowest BCUT2D eigenvalue weighted by Gasteiger charge is -2.37. The highest BCUT2D eigenvalue weighted by molar-refractivity contribution is 5.62.